The molecule has 17 heavy (non-hydrogen) atoms. The zero-order valence-corrected chi connectivity index (χ0v) is 12.0. The van der Waals surface area contributed by atoms with Crippen LogP contribution in [0.15, 0.2) is 22.9 Å². The van der Waals surface area contributed by atoms with Crippen molar-refractivity contribution < 1.29 is 4.79 Å². The van der Waals surface area contributed by atoms with Crippen molar-refractivity contribution >= 4 is 21.8 Å². The van der Waals surface area contributed by atoms with Gasteiger partial charge in [-0.3, -0.25) is 4.79 Å². The number of hydrogen-bond acceptors (Lipinski definition) is 3. The van der Waals surface area contributed by atoms with Gasteiger partial charge in [-0.1, -0.05) is 0 Å². The van der Waals surface area contributed by atoms with Crippen LogP contribution in [-0.2, 0) is 0 Å². The smallest absolute Gasteiger partial charge is 0.254 e. The van der Waals surface area contributed by atoms with Crippen LogP contribution in [-0.4, -0.2) is 42.0 Å². The van der Waals surface area contributed by atoms with Crippen LogP contribution in [0, 0.1) is 0 Å². The second-order valence-electron chi connectivity index (χ2n) is 4.17. The number of rotatable bonds is 5. The van der Waals surface area contributed by atoms with E-state index in [-0.39, 0.29) is 5.91 Å². The molecule has 1 amide bonds. The normalized spacial score (nSPS) is 10.9. The van der Waals surface area contributed by atoms with Crippen LogP contribution in [0.25, 0.3) is 0 Å². The molecule has 0 bridgehead atoms. The first-order chi connectivity index (χ1) is 8.02. The molecule has 0 aromatic carbocycles. The van der Waals surface area contributed by atoms with Crippen LogP contribution in [0.3, 0.4) is 0 Å². The van der Waals surface area contributed by atoms with Crippen molar-refractivity contribution in [2.24, 2.45) is 0 Å². The fourth-order valence-corrected chi connectivity index (χ4v) is 1.69. The standard InChI is InChI=1S/C12H18BrN3O/c1-9(2)16(3)8-7-15-12(17)10-5-4-6-14-11(10)13/h4-6,9H,7-8H2,1-3H3,(H,15,17). The number of nitrogens with one attached hydrogen (secondary N) is 1. The van der Waals surface area contributed by atoms with Gasteiger partial charge in [0, 0.05) is 25.3 Å². The van der Waals surface area contributed by atoms with E-state index < -0.39 is 0 Å². The monoisotopic (exact) mass is 299 g/mol. The number of pyridine rings is 1. The maximum atomic E-state index is 11.8. The van der Waals surface area contributed by atoms with E-state index >= 15 is 0 Å². The van der Waals surface area contributed by atoms with Crippen LogP contribution < -0.4 is 5.32 Å². The largest absolute Gasteiger partial charge is 0.351 e. The maximum absolute atomic E-state index is 11.8. The molecule has 0 saturated heterocycles. The predicted molar refractivity (Wildman–Crippen MR) is 72.0 cm³/mol. The maximum Gasteiger partial charge on any atom is 0.254 e. The number of amides is 1. The molecule has 1 heterocycles. The third-order valence-corrected chi connectivity index (χ3v) is 3.27. The van der Waals surface area contributed by atoms with Crippen LogP contribution in [0.1, 0.15) is 24.2 Å². The summed E-state index contributed by atoms with van der Waals surface area (Å²) in [5.41, 5.74) is 0.569. The Bertz CT molecular complexity index is 382. The Kier molecular flexibility index (Phi) is 5.58. The number of halogens is 1. The highest BCUT2D eigenvalue weighted by Crippen LogP contribution is 2.11. The van der Waals surface area contributed by atoms with Crippen LogP contribution in [0.4, 0.5) is 0 Å². The molecule has 0 aliphatic rings. The summed E-state index contributed by atoms with van der Waals surface area (Å²) in [7, 11) is 2.04. The Hall–Kier alpha value is -0.940. The lowest BCUT2D eigenvalue weighted by Crippen LogP contribution is -2.36. The summed E-state index contributed by atoms with van der Waals surface area (Å²) in [5, 5.41) is 2.87. The molecule has 1 aromatic rings. The van der Waals surface area contributed by atoms with Gasteiger partial charge in [-0.2, -0.15) is 0 Å². The van der Waals surface area contributed by atoms with Crippen molar-refractivity contribution in [3.05, 3.63) is 28.5 Å². The molecule has 0 saturated carbocycles. The van der Waals surface area contributed by atoms with Gasteiger partial charge in [0.2, 0.25) is 0 Å². The molecule has 1 rings (SSSR count). The molecule has 0 aliphatic carbocycles. The van der Waals surface area contributed by atoms with E-state index in [0.717, 1.165) is 6.54 Å². The van der Waals surface area contributed by atoms with Crippen LogP contribution >= 0.6 is 15.9 Å². The fourth-order valence-electron chi connectivity index (χ4n) is 1.25. The minimum atomic E-state index is -0.0952. The zero-order valence-electron chi connectivity index (χ0n) is 10.4. The summed E-state index contributed by atoms with van der Waals surface area (Å²) in [6.07, 6.45) is 1.65. The van der Waals surface area contributed by atoms with Gasteiger partial charge in [-0.25, -0.2) is 4.98 Å². The Morgan fingerprint density at radius 2 is 2.29 bits per heavy atom. The third kappa shape index (κ3) is 4.44. The lowest BCUT2D eigenvalue weighted by Gasteiger charge is -2.20. The van der Waals surface area contributed by atoms with Crippen LogP contribution in [0.5, 0.6) is 0 Å². The lowest BCUT2D eigenvalue weighted by molar-refractivity contribution is 0.0947. The first-order valence-corrected chi connectivity index (χ1v) is 6.40. The van der Waals surface area contributed by atoms with Gasteiger partial charge in [0.1, 0.15) is 4.60 Å². The zero-order chi connectivity index (χ0) is 12.8. The summed E-state index contributed by atoms with van der Waals surface area (Å²) in [4.78, 5) is 18.0. The first-order valence-electron chi connectivity index (χ1n) is 5.61. The highest BCUT2D eigenvalue weighted by molar-refractivity contribution is 9.10. The first kappa shape index (κ1) is 14.1. The highest BCUT2D eigenvalue weighted by Gasteiger charge is 2.10. The summed E-state index contributed by atoms with van der Waals surface area (Å²) < 4.78 is 0.578. The molecule has 0 spiro atoms. The lowest BCUT2D eigenvalue weighted by atomic mass is 10.2. The van der Waals surface area contributed by atoms with Gasteiger partial charge in [-0.05, 0) is 49.0 Å². The predicted octanol–water partition coefficient (Wildman–Crippen LogP) is 1.91. The number of hydrogen-bond donors (Lipinski definition) is 1. The highest BCUT2D eigenvalue weighted by atomic mass is 79.9. The van der Waals surface area contributed by atoms with E-state index in [4.69, 9.17) is 0 Å². The number of likely N-dealkylation sites (N-methyl/N-ethyl adjacent to an activating group) is 1. The second kappa shape index (κ2) is 6.71. The van der Waals surface area contributed by atoms with E-state index in [1.54, 1.807) is 18.3 Å². The van der Waals surface area contributed by atoms with E-state index in [2.05, 4.69) is 45.0 Å². The fraction of sp³-hybridized carbons (Fsp3) is 0.500. The van der Waals surface area contributed by atoms with Gasteiger partial charge in [0.25, 0.3) is 5.91 Å². The molecule has 0 aliphatic heterocycles. The average Bonchev–Trinajstić information content (AvgIpc) is 2.29. The van der Waals surface area contributed by atoms with Crippen molar-refractivity contribution in [2.75, 3.05) is 20.1 Å². The molecular weight excluding hydrogens is 282 g/mol. The minimum absolute atomic E-state index is 0.0952. The van der Waals surface area contributed by atoms with Gasteiger partial charge in [-0.15, -0.1) is 0 Å². The van der Waals surface area contributed by atoms with E-state index in [9.17, 15) is 4.79 Å². The number of nitrogens with zero attached hydrogens (tertiary/aromatic N) is 2. The molecule has 1 N–H and O–H groups in total. The Morgan fingerprint density at radius 1 is 1.59 bits per heavy atom. The Morgan fingerprint density at radius 3 is 2.88 bits per heavy atom. The minimum Gasteiger partial charge on any atom is -0.351 e. The van der Waals surface area contributed by atoms with Gasteiger partial charge in [0.15, 0.2) is 0 Å². The molecule has 0 unspecified atom stereocenters. The van der Waals surface area contributed by atoms with Crippen molar-refractivity contribution in [2.45, 2.75) is 19.9 Å². The summed E-state index contributed by atoms with van der Waals surface area (Å²) >= 11 is 3.26. The molecule has 94 valence electrons. The van der Waals surface area contributed by atoms with Gasteiger partial charge < -0.3 is 10.2 Å². The quantitative estimate of drug-likeness (QED) is 0.845. The molecule has 0 atom stereocenters. The Balaban J connectivity index is 2.43. The SMILES string of the molecule is CC(C)N(C)CCNC(=O)c1cccnc1Br. The van der Waals surface area contributed by atoms with Gasteiger partial charge >= 0.3 is 0 Å². The Labute approximate surface area is 111 Å². The van der Waals surface area contributed by atoms with E-state index in [0.29, 0.717) is 22.8 Å². The molecule has 5 heteroatoms. The summed E-state index contributed by atoms with van der Waals surface area (Å²) in [5.74, 6) is -0.0952. The van der Waals surface area contributed by atoms with Gasteiger partial charge in [0.05, 0.1) is 5.56 Å². The number of aromatic nitrogens is 1. The molecule has 0 fully saturated rings. The van der Waals surface area contributed by atoms with Crippen molar-refractivity contribution in [1.29, 1.82) is 0 Å². The summed E-state index contributed by atoms with van der Waals surface area (Å²) in [6, 6.07) is 3.98. The molecule has 0 radical (unpaired) electrons. The van der Waals surface area contributed by atoms with Crippen molar-refractivity contribution in [1.82, 2.24) is 15.2 Å². The molecule has 1 aromatic heterocycles. The third-order valence-electron chi connectivity index (χ3n) is 2.64. The average molecular weight is 300 g/mol. The number of carbonyl (C=O) groups excluding carboxylic acids is 1. The van der Waals surface area contributed by atoms with E-state index in [1.807, 2.05) is 7.05 Å². The van der Waals surface area contributed by atoms with E-state index in [1.165, 1.54) is 0 Å². The molecular formula is C12H18BrN3O. The second-order valence-corrected chi connectivity index (χ2v) is 4.92. The topological polar surface area (TPSA) is 45.2 Å². The number of carbonyl (C=O) groups is 1. The molecule has 4 nitrogen and oxygen atoms in total. The van der Waals surface area contributed by atoms with Crippen molar-refractivity contribution in [3.8, 4) is 0 Å². The van der Waals surface area contributed by atoms with Crippen LogP contribution in [0.2, 0.25) is 0 Å². The summed E-state index contributed by atoms with van der Waals surface area (Å²) in [6.45, 7) is 5.72. The van der Waals surface area contributed by atoms with Crippen molar-refractivity contribution in [3.63, 3.8) is 0 Å².